The topological polar surface area (TPSA) is 85.5 Å². The number of hydrogen-bond acceptors (Lipinski definition) is 7. The Balaban J connectivity index is 1.41. The highest BCUT2D eigenvalue weighted by Crippen LogP contribution is 2.53. The van der Waals surface area contributed by atoms with Gasteiger partial charge in [0.25, 0.3) is 0 Å². The number of allylic oxidation sites excluding steroid dienone is 2. The van der Waals surface area contributed by atoms with E-state index in [0.29, 0.717) is 23.3 Å². The largest absolute Gasteiger partial charge is 0.300 e. The van der Waals surface area contributed by atoms with E-state index in [4.69, 9.17) is 25.1 Å². The Morgan fingerprint density at radius 2 is 1.41 bits per heavy atom. The van der Waals surface area contributed by atoms with E-state index in [2.05, 4.69) is 65.4 Å². The quantitative estimate of drug-likeness (QED) is 0.294. The zero-order valence-corrected chi connectivity index (χ0v) is 21.0. The van der Waals surface area contributed by atoms with E-state index in [-0.39, 0.29) is 11.5 Å². The van der Waals surface area contributed by atoms with Gasteiger partial charge in [-0.2, -0.15) is 0 Å². The second-order valence-electron chi connectivity index (χ2n) is 9.96. The maximum Gasteiger partial charge on any atom is 0.238 e. The molecule has 8 heteroatoms. The molecule has 6 aromatic rings. The highest BCUT2D eigenvalue weighted by molar-refractivity contribution is 5.79. The molecule has 39 heavy (non-hydrogen) atoms. The normalized spacial score (nSPS) is 19.5. The fourth-order valence-corrected chi connectivity index (χ4v) is 5.81. The predicted octanol–water partition coefficient (Wildman–Crippen LogP) is 5.94. The van der Waals surface area contributed by atoms with Crippen LogP contribution in [0.1, 0.15) is 18.4 Å². The lowest BCUT2D eigenvalue weighted by molar-refractivity contribution is 0.532. The zero-order chi connectivity index (χ0) is 26.0. The van der Waals surface area contributed by atoms with Crippen LogP contribution < -0.4 is 4.90 Å². The summed E-state index contributed by atoms with van der Waals surface area (Å²) in [6.07, 6.45) is 12.2. The molecule has 1 aliphatic carbocycles. The smallest absolute Gasteiger partial charge is 0.238 e. The maximum atomic E-state index is 4.99. The summed E-state index contributed by atoms with van der Waals surface area (Å²) >= 11 is 0. The molecule has 0 radical (unpaired) electrons. The van der Waals surface area contributed by atoms with Gasteiger partial charge < -0.3 is 0 Å². The second kappa shape index (κ2) is 8.13. The summed E-state index contributed by atoms with van der Waals surface area (Å²) in [5, 5.41) is 9.49. The van der Waals surface area contributed by atoms with Gasteiger partial charge in [0.2, 0.25) is 5.95 Å². The lowest BCUT2D eigenvalue weighted by Gasteiger charge is -2.38. The monoisotopic (exact) mass is 506 g/mol. The Morgan fingerprint density at radius 1 is 0.718 bits per heavy atom. The van der Waals surface area contributed by atoms with Crippen LogP contribution in [0.15, 0.2) is 109 Å². The molecule has 8 rings (SSSR count). The van der Waals surface area contributed by atoms with E-state index in [1.807, 2.05) is 53.1 Å². The van der Waals surface area contributed by atoms with E-state index in [9.17, 15) is 0 Å². The number of rotatable bonds is 3. The number of hydrogen-bond donors (Lipinski definition) is 0. The van der Waals surface area contributed by atoms with Crippen molar-refractivity contribution >= 4 is 33.7 Å². The molecule has 1 aliphatic heterocycles. The molecule has 0 bridgehead atoms. The van der Waals surface area contributed by atoms with Crippen LogP contribution >= 0.6 is 0 Å². The van der Waals surface area contributed by atoms with E-state index in [0.717, 1.165) is 27.8 Å². The number of benzene rings is 3. The van der Waals surface area contributed by atoms with Crippen molar-refractivity contribution in [3.63, 3.8) is 0 Å². The SMILES string of the molecule is CC12C=CC=CC1c1ccccc1N2c1nnc(-c2cnc3ccccc3n2)n1-c1cnc2ccccc2n1. The van der Waals surface area contributed by atoms with Crippen LogP contribution in [0.25, 0.3) is 39.4 Å². The molecule has 3 aromatic carbocycles. The Labute approximate surface area is 224 Å². The van der Waals surface area contributed by atoms with E-state index >= 15 is 0 Å². The lowest BCUT2D eigenvalue weighted by Crippen LogP contribution is -2.43. The maximum absolute atomic E-state index is 4.99. The molecule has 0 N–H and O–H groups in total. The minimum Gasteiger partial charge on any atom is -0.300 e. The zero-order valence-electron chi connectivity index (χ0n) is 21.0. The van der Waals surface area contributed by atoms with Gasteiger partial charge in [-0.05, 0) is 42.8 Å². The van der Waals surface area contributed by atoms with Crippen LogP contribution in [0.3, 0.4) is 0 Å². The molecular formula is C31H22N8. The molecular weight excluding hydrogens is 484 g/mol. The average molecular weight is 507 g/mol. The second-order valence-corrected chi connectivity index (χ2v) is 9.96. The molecule has 4 heterocycles. The first-order valence-electron chi connectivity index (χ1n) is 12.9. The molecule has 0 spiro atoms. The third-order valence-corrected chi connectivity index (χ3v) is 7.66. The molecule has 186 valence electrons. The van der Waals surface area contributed by atoms with E-state index in [1.54, 1.807) is 12.4 Å². The molecule has 0 amide bonds. The average Bonchev–Trinajstić information content (AvgIpc) is 3.52. The van der Waals surface area contributed by atoms with Crippen molar-refractivity contribution in [2.24, 2.45) is 0 Å². The third-order valence-electron chi connectivity index (χ3n) is 7.66. The van der Waals surface area contributed by atoms with Gasteiger partial charge in [0.05, 0.1) is 40.0 Å². The summed E-state index contributed by atoms with van der Waals surface area (Å²) in [6.45, 7) is 2.23. The van der Waals surface area contributed by atoms with Crippen molar-refractivity contribution < 1.29 is 0 Å². The van der Waals surface area contributed by atoms with Gasteiger partial charge in [-0.25, -0.2) is 14.5 Å². The highest BCUT2D eigenvalue weighted by atomic mass is 15.4. The first-order chi connectivity index (χ1) is 19.2. The minimum atomic E-state index is -0.389. The Kier molecular flexibility index (Phi) is 4.55. The van der Waals surface area contributed by atoms with Crippen LogP contribution in [0.5, 0.6) is 0 Å². The first-order valence-corrected chi connectivity index (χ1v) is 12.9. The standard InChI is InChI=1S/C31H22N8/c1-31-17-9-8-11-21(31)20-10-2-7-16-27(20)39(31)30-37-36-29(26-18-32-22-12-3-5-14-24(22)34-26)38(30)28-19-33-23-13-4-6-15-25(23)35-28/h2-19,21H,1H3. The summed E-state index contributed by atoms with van der Waals surface area (Å²) in [4.78, 5) is 21.5. The van der Waals surface area contributed by atoms with Crippen molar-refractivity contribution in [1.29, 1.82) is 0 Å². The fourth-order valence-electron chi connectivity index (χ4n) is 5.81. The summed E-state index contributed by atoms with van der Waals surface area (Å²) in [7, 11) is 0. The number of para-hydroxylation sites is 5. The van der Waals surface area contributed by atoms with E-state index in [1.165, 1.54) is 5.56 Å². The van der Waals surface area contributed by atoms with Crippen molar-refractivity contribution in [3.8, 4) is 17.3 Å². The van der Waals surface area contributed by atoms with Crippen LogP contribution in [-0.4, -0.2) is 40.2 Å². The Hall–Kier alpha value is -5.24. The van der Waals surface area contributed by atoms with Gasteiger partial charge in [-0.1, -0.05) is 66.8 Å². The molecule has 2 aliphatic rings. The molecule has 2 unspecified atom stereocenters. The van der Waals surface area contributed by atoms with Gasteiger partial charge in [0.1, 0.15) is 5.69 Å². The number of nitrogens with zero attached hydrogens (tertiary/aromatic N) is 8. The van der Waals surface area contributed by atoms with Gasteiger partial charge >= 0.3 is 0 Å². The van der Waals surface area contributed by atoms with Crippen LogP contribution in [0.4, 0.5) is 11.6 Å². The number of anilines is 2. The third kappa shape index (κ3) is 3.18. The molecule has 8 nitrogen and oxygen atoms in total. The Morgan fingerprint density at radius 3 is 2.23 bits per heavy atom. The molecule has 3 aromatic heterocycles. The molecule has 0 saturated carbocycles. The minimum absolute atomic E-state index is 0.162. The van der Waals surface area contributed by atoms with Crippen LogP contribution in [0.2, 0.25) is 0 Å². The highest BCUT2D eigenvalue weighted by Gasteiger charge is 2.49. The Bertz CT molecular complexity index is 1970. The van der Waals surface area contributed by atoms with Gasteiger partial charge in [-0.3, -0.25) is 14.9 Å². The van der Waals surface area contributed by atoms with Crippen molar-refractivity contribution in [2.45, 2.75) is 18.4 Å². The summed E-state index contributed by atoms with van der Waals surface area (Å²) in [5.74, 6) is 1.96. The van der Waals surface area contributed by atoms with E-state index < -0.39 is 0 Å². The van der Waals surface area contributed by atoms with Gasteiger partial charge in [0.15, 0.2) is 11.6 Å². The number of aromatic nitrogens is 7. The van der Waals surface area contributed by atoms with Gasteiger partial charge in [-0.15, -0.1) is 10.2 Å². The summed E-state index contributed by atoms with van der Waals surface area (Å²) in [6, 6.07) is 24.1. The van der Waals surface area contributed by atoms with Crippen LogP contribution in [0, 0.1) is 0 Å². The summed E-state index contributed by atoms with van der Waals surface area (Å²) in [5.41, 5.74) is 5.76. The molecule has 0 fully saturated rings. The molecule has 0 saturated heterocycles. The molecule has 2 atom stereocenters. The summed E-state index contributed by atoms with van der Waals surface area (Å²) < 4.78 is 1.95. The predicted molar refractivity (Wildman–Crippen MR) is 151 cm³/mol. The van der Waals surface area contributed by atoms with Crippen molar-refractivity contribution in [2.75, 3.05) is 4.90 Å². The van der Waals surface area contributed by atoms with Gasteiger partial charge in [0, 0.05) is 11.6 Å². The van der Waals surface area contributed by atoms with Crippen LogP contribution in [-0.2, 0) is 0 Å². The first kappa shape index (κ1) is 21.8. The van der Waals surface area contributed by atoms with Crippen molar-refractivity contribution in [1.82, 2.24) is 34.7 Å². The lowest BCUT2D eigenvalue weighted by atomic mass is 9.81. The fraction of sp³-hybridized carbons (Fsp3) is 0.0968. The van der Waals surface area contributed by atoms with Crippen molar-refractivity contribution in [3.05, 3.63) is 115 Å². The number of fused-ring (bicyclic) bond motifs is 5.